The Morgan fingerprint density at radius 1 is 1.02 bits per heavy atom. The van der Waals surface area contributed by atoms with Crippen molar-refractivity contribution in [2.45, 2.75) is 70.2 Å². The molecular weight excluding hydrogens is 626 g/mol. The summed E-state index contributed by atoms with van der Waals surface area (Å²) < 4.78 is 6.04. The highest BCUT2D eigenvalue weighted by molar-refractivity contribution is 7.10. The molecule has 0 radical (unpaired) electrons. The number of nitrogens with two attached hydrogens (primary N) is 1. The van der Waals surface area contributed by atoms with Crippen molar-refractivity contribution in [3.8, 4) is 0 Å². The van der Waals surface area contributed by atoms with Gasteiger partial charge in [-0.3, -0.25) is 9.69 Å². The smallest absolute Gasteiger partial charge is 0.410 e. The number of halogens is 1. The van der Waals surface area contributed by atoms with Gasteiger partial charge in [0, 0.05) is 62.7 Å². The third kappa shape index (κ3) is 7.40. The fourth-order valence-corrected chi connectivity index (χ4v) is 8.38. The van der Waals surface area contributed by atoms with Crippen molar-refractivity contribution < 1.29 is 19.1 Å². The van der Waals surface area contributed by atoms with Crippen LogP contribution in [0.25, 0.3) is 0 Å². The van der Waals surface area contributed by atoms with Gasteiger partial charge in [0.2, 0.25) is 0 Å². The molecule has 0 unspecified atom stereocenters. The van der Waals surface area contributed by atoms with Crippen LogP contribution in [0.2, 0.25) is 5.02 Å². The molecule has 4 aliphatic rings. The number of hydrogen-bond donors (Lipinski definition) is 2. The number of likely N-dealkylation sites (N-methyl/N-ethyl adjacent to an activating group) is 1. The normalized spacial score (nSPS) is 21.5. The molecule has 3 fully saturated rings. The summed E-state index contributed by atoms with van der Waals surface area (Å²) >= 11 is 8.04. The van der Waals surface area contributed by atoms with E-state index in [1.54, 1.807) is 22.3 Å². The van der Waals surface area contributed by atoms with E-state index < -0.39 is 12.2 Å². The van der Waals surface area contributed by atoms with E-state index in [1.807, 2.05) is 34.2 Å². The van der Waals surface area contributed by atoms with E-state index in [0.717, 1.165) is 67.1 Å². The van der Waals surface area contributed by atoms with Crippen molar-refractivity contribution in [1.29, 1.82) is 0 Å². The zero-order chi connectivity index (χ0) is 32.4. The Morgan fingerprint density at radius 2 is 1.74 bits per heavy atom. The number of benzene rings is 1. The van der Waals surface area contributed by atoms with Gasteiger partial charge in [0.25, 0.3) is 5.91 Å². The van der Waals surface area contributed by atoms with E-state index in [9.17, 15) is 14.4 Å². The summed E-state index contributed by atoms with van der Waals surface area (Å²) in [6, 6.07) is 6.00. The average molecular weight is 672 g/mol. The number of nitrogens with zero attached hydrogens (tertiary/aromatic N) is 5. The summed E-state index contributed by atoms with van der Waals surface area (Å²) in [5.74, 6) is -0.167. The molecule has 1 atom stereocenters. The molecule has 0 spiro atoms. The van der Waals surface area contributed by atoms with Crippen LogP contribution in [0.15, 0.2) is 23.6 Å². The molecular formula is C33H46ClN7O4S. The molecule has 4 aliphatic heterocycles. The number of anilines is 2. The van der Waals surface area contributed by atoms with E-state index in [1.165, 1.54) is 0 Å². The molecule has 2 aromatic rings. The molecule has 11 nitrogen and oxygen atoms in total. The van der Waals surface area contributed by atoms with E-state index in [2.05, 4.69) is 22.2 Å². The maximum Gasteiger partial charge on any atom is 0.410 e. The third-order valence-electron chi connectivity index (χ3n) is 10.1. The summed E-state index contributed by atoms with van der Waals surface area (Å²) in [6.45, 7) is 8.99. The summed E-state index contributed by atoms with van der Waals surface area (Å²) in [5, 5.41) is 5.39. The number of rotatable bonds is 6. The van der Waals surface area contributed by atoms with Crippen molar-refractivity contribution >= 4 is 52.3 Å². The zero-order valence-corrected chi connectivity index (χ0v) is 28.5. The Balaban J connectivity index is 1.09. The van der Waals surface area contributed by atoms with E-state index in [0.29, 0.717) is 62.3 Å². The van der Waals surface area contributed by atoms with Gasteiger partial charge < -0.3 is 35.4 Å². The number of carbonyl (C=O) groups is 3. The number of thiophene rings is 1. The molecule has 250 valence electrons. The minimum Gasteiger partial charge on any atom is -0.436 e. The molecule has 46 heavy (non-hydrogen) atoms. The Kier molecular flexibility index (Phi) is 10.3. The lowest BCUT2D eigenvalue weighted by atomic mass is 10.00. The van der Waals surface area contributed by atoms with Crippen molar-refractivity contribution in [2.24, 2.45) is 0 Å². The number of ether oxygens (including phenoxy) is 1. The lowest BCUT2D eigenvalue weighted by molar-refractivity contribution is -0.142. The second kappa shape index (κ2) is 14.4. The third-order valence-corrected chi connectivity index (χ3v) is 11.3. The number of hydrogen-bond acceptors (Lipinski definition) is 8. The number of aryl methyl sites for hydroxylation is 1. The highest BCUT2D eigenvalue weighted by Crippen LogP contribution is 2.32. The van der Waals surface area contributed by atoms with Gasteiger partial charge in [-0.2, -0.15) is 0 Å². The average Bonchev–Trinajstić information content (AvgIpc) is 3.40. The second-order valence-electron chi connectivity index (χ2n) is 13.2. The Bertz CT molecular complexity index is 1400. The van der Waals surface area contributed by atoms with E-state index in [4.69, 9.17) is 22.1 Å². The minimum atomic E-state index is -0.974. The predicted molar refractivity (Wildman–Crippen MR) is 181 cm³/mol. The number of piperidine rings is 2. The molecule has 0 saturated carbocycles. The number of urea groups is 1. The lowest BCUT2D eigenvalue weighted by Crippen LogP contribution is -2.53. The first-order valence-electron chi connectivity index (χ1n) is 16.5. The van der Waals surface area contributed by atoms with Crippen LogP contribution in [0.4, 0.5) is 21.0 Å². The number of likely N-dealkylation sites (tertiary alicyclic amines) is 2. The highest BCUT2D eigenvalue weighted by Gasteiger charge is 2.37. The Hall–Kier alpha value is -3.06. The number of amides is 4. The van der Waals surface area contributed by atoms with Crippen LogP contribution in [-0.2, 0) is 22.5 Å². The van der Waals surface area contributed by atoms with Gasteiger partial charge in [0.15, 0.2) is 6.10 Å². The van der Waals surface area contributed by atoms with Crippen LogP contribution in [0, 0.1) is 6.92 Å². The quantitative estimate of drug-likeness (QED) is 0.436. The van der Waals surface area contributed by atoms with Gasteiger partial charge in [-0.25, -0.2) is 9.59 Å². The highest BCUT2D eigenvalue weighted by atomic mass is 35.5. The fraction of sp³-hybridized carbons (Fsp3) is 0.606. The summed E-state index contributed by atoms with van der Waals surface area (Å²) in [5.41, 5.74) is 9.10. The largest absolute Gasteiger partial charge is 0.436 e. The number of fused-ring (bicyclic) bond motifs is 1. The van der Waals surface area contributed by atoms with Gasteiger partial charge in [-0.05, 0) is 87.8 Å². The number of carbonyl (C=O) groups excluding carboxylic acids is 3. The van der Waals surface area contributed by atoms with Crippen molar-refractivity contribution in [1.82, 2.24) is 24.5 Å². The van der Waals surface area contributed by atoms with Crippen molar-refractivity contribution in [2.75, 3.05) is 70.5 Å². The summed E-state index contributed by atoms with van der Waals surface area (Å²) in [4.78, 5) is 51.8. The second-order valence-corrected chi connectivity index (χ2v) is 14.6. The topological polar surface area (TPSA) is 115 Å². The van der Waals surface area contributed by atoms with Gasteiger partial charge >= 0.3 is 12.1 Å². The standard InChI is InChI=1S/C33H46ClN7O4S/c1-22-18-23(19-26(34)30(22)35)20-28(31(42)39-11-4-24(5-12-39)38-10-3-9-37(2)15-16-38)45-33(44)40-13-6-25(7-14-40)41-21-29-27(8-17-46-29)36-32(41)43/h8,17-19,24-25,28H,3-7,9-16,20-21,35H2,1-2H3,(H,36,43)/t28-/m1/s1. The first kappa shape index (κ1) is 32.9. The first-order valence-corrected chi connectivity index (χ1v) is 17.8. The maximum atomic E-state index is 14.0. The first-order chi connectivity index (χ1) is 22.2. The lowest BCUT2D eigenvalue weighted by Gasteiger charge is -2.40. The summed E-state index contributed by atoms with van der Waals surface area (Å²) in [7, 11) is 2.18. The SMILES string of the molecule is Cc1cc(C[C@@H](OC(=O)N2CCC(N3Cc4sccc4NC3=O)CC2)C(=O)N2CCC(N3CCCN(C)CC3)CC2)cc(Cl)c1N. The van der Waals surface area contributed by atoms with Crippen LogP contribution in [0.1, 0.15) is 48.1 Å². The van der Waals surface area contributed by atoms with Crippen LogP contribution < -0.4 is 11.1 Å². The van der Waals surface area contributed by atoms with Crippen LogP contribution in [0.3, 0.4) is 0 Å². The maximum absolute atomic E-state index is 14.0. The Morgan fingerprint density at radius 3 is 2.48 bits per heavy atom. The molecule has 0 aliphatic carbocycles. The van der Waals surface area contributed by atoms with Crippen LogP contribution in [-0.4, -0.2) is 120 Å². The number of nitrogen functional groups attached to an aromatic ring is 1. The van der Waals surface area contributed by atoms with Gasteiger partial charge in [-0.15, -0.1) is 11.3 Å². The summed E-state index contributed by atoms with van der Waals surface area (Å²) in [6.07, 6.45) is 3.02. The molecule has 1 aromatic carbocycles. The van der Waals surface area contributed by atoms with E-state index in [-0.39, 0.29) is 24.4 Å². The van der Waals surface area contributed by atoms with Gasteiger partial charge in [0.05, 0.1) is 22.9 Å². The Labute approximate surface area is 280 Å². The van der Waals surface area contributed by atoms with Gasteiger partial charge in [-0.1, -0.05) is 17.7 Å². The fourth-order valence-electron chi connectivity index (χ4n) is 7.26. The predicted octanol–water partition coefficient (Wildman–Crippen LogP) is 4.48. The molecule has 3 saturated heterocycles. The molecule has 0 bridgehead atoms. The van der Waals surface area contributed by atoms with Gasteiger partial charge in [0.1, 0.15) is 0 Å². The minimum absolute atomic E-state index is 0.0301. The van der Waals surface area contributed by atoms with Crippen molar-refractivity contribution in [3.63, 3.8) is 0 Å². The zero-order valence-electron chi connectivity index (χ0n) is 26.9. The van der Waals surface area contributed by atoms with E-state index >= 15 is 0 Å². The molecule has 3 N–H and O–H groups in total. The number of nitrogens with one attached hydrogen (secondary N) is 1. The molecule has 5 heterocycles. The monoisotopic (exact) mass is 671 g/mol. The van der Waals surface area contributed by atoms with Crippen LogP contribution in [0.5, 0.6) is 0 Å². The molecule has 6 rings (SSSR count). The molecule has 13 heteroatoms. The van der Waals surface area contributed by atoms with Crippen LogP contribution >= 0.6 is 22.9 Å². The molecule has 1 aromatic heterocycles. The van der Waals surface area contributed by atoms with Crippen molar-refractivity contribution in [3.05, 3.63) is 44.6 Å². The molecule has 4 amide bonds.